The lowest BCUT2D eigenvalue weighted by Crippen LogP contribution is -2.24. The topological polar surface area (TPSA) is 67.2 Å². The average Bonchev–Trinajstić information content (AvgIpc) is 3.05. The van der Waals surface area contributed by atoms with Gasteiger partial charge in [-0.3, -0.25) is 14.5 Å². The van der Waals surface area contributed by atoms with Gasteiger partial charge in [0.1, 0.15) is 0 Å². The van der Waals surface area contributed by atoms with E-state index in [1.807, 2.05) is 16.8 Å². The van der Waals surface area contributed by atoms with Crippen molar-refractivity contribution in [3.05, 3.63) is 47.5 Å². The molecule has 0 bridgehead atoms. The first-order chi connectivity index (χ1) is 10.1. The molecular weight excluding hydrogens is 268 g/mol. The lowest BCUT2D eigenvalue weighted by molar-refractivity contribution is 0.0693. The maximum atomic E-state index is 12.0. The van der Waals surface area contributed by atoms with Crippen LogP contribution in [-0.2, 0) is 13.1 Å². The van der Waals surface area contributed by atoms with E-state index in [9.17, 15) is 9.59 Å². The molecule has 0 saturated carbocycles. The van der Waals surface area contributed by atoms with Crippen LogP contribution >= 0.6 is 0 Å². The summed E-state index contributed by atoms with van der Waals surface area (Å²) in [5.41, 5.74) is 2.80. The van der Waals surface area contributed by atoms with Crippen molar-refractivity contribution < 1.29 is 9.59 Å². The normalized spacial score (nSPS) is 13.7. The number of nitrogens with zero attached hydrogens (tertiary/aromatic N) is 3. The number of amides is 2. The molecule has 0 fully saturated rings. The average molecular weight is 284 g/mol. The maximum Gasteiger partial charge on any atom is 0.261 e. The number of aryl methyl sites for hydroxylation is 1. The molecule has 6 nitrogen and oxygen atoms in total. The van der Waals surface area contributed by atoms with Crippen LogP contribution in [0.5, 0.6) is 0 Å². The molecule has 2 aromatic rings. The van der Waals surface area contributed by atoms with Crippen molar-refractivity contribution in [2.24, 2.45) is 0 Å². The second-order valence-electron chi connectivity index (χ2n) is 4.95. The lowest BCUT2D eigenvalue weighted by atomic mass is 10.1. The summed E-state index contributed by atoms with van der Waals surface area (Å²) in [6.07, 6.45) is 3.60. The number of fused-ring (bicyclic) bond motifs is 1. The minimum atomic E-state index is -0.253. The lowest BCUT2D eigenvalue weighted by Gasteiger charge is -2.09. The number of carbonyl (C=O) groups is 2. The van der Waals surface area contributed by atoms with Gasteiger partial charge in [-0.1, -0.05) is 0 Å². The third-order valence-corrected chi connectivity index (χ3v) is 3.70. The first-order valence-corrected chi connectivity index (χ1v) is 6.81. The Morgan fingerprint density at radius 3 is 2.71 bits per heavy atom. The van der Waals surface area contributed by atoms with E-state index in [1.165, 1.54) is 7.05 Å². The van der Waals surface area contributed by atoms with Crippen molar-refractivity contribution in [2.75, 3.05) is 12.4 Å². The molecule has 6 heteroatoms. The van der Waals surface area contributed by atoms with Crippen LogP contribution in [-0.4, -0.2) is 33.3 Å². The Kier molecular flexibility index (Phi) is 3.21. The Hall–Kier alpha value is -2.63. The standard InChI is InChI=1S/C15H16N4O2/c1-3-19-9-16-7-11(19)8-17-10-4-5-12-13(6-10)15(21)18(2)14(12)20/h4-7,9,17H,3,8H2,1-2H3. The first-order valence-electron chi connectivity index (χ1n) is 6.81. The first kappa shape index (κ1) is 13.4. The number of rotatable bonds is 4. The molecule has 1 aliphatic rings. The van der Waals surface area contributed by atoms with Gasteiger partial charge in [0.25, 0.3) is 11.8 Å². The Labute approximate surface area is 122 Å². The molecular formula is C15H16N4O2. The quantitative estimate of drug-likeness (QED) is 0.868. The van der Waals surface area contributed by atoms with Crippen LogP contribution in [0.25, 0.3) is 0 Å². The number of carbonyl (C=O) groups excluding carboxylic acids is 2. The molecule has 1 aromatic heterocycles. The third kappa shape index (κ3) is 2.18. The Morgan fingerprint density at radius 1 is 1.19 bits per heavy atom. The van der Waals surface area contributed by atoms with Crippen LogP contribution in [0.2, 0.25) is 0 Å². The highest BCUT2D eigenvalue weighted by Gasteiger charge is 2.32. The van der Waals surface area contributed by atoms with Gasteiger partial charge >= 0.3 is 0 Å². The van der Waals surface area contributed by atoms with Crippen LogP contribution < -0.4 is 5.32 Å². The van der Waals surface area contributed by atoms with Crippen LogP contribution in [0.15, 0.2) is 30.7 Å². The number of aromatic nitrogens is 2. The molecule has 0 radical (unpaired) electrons. The SMILES string of the molecule is CCn1cncc1CNc1ccc2c(c1)C(=O)N(C)C2=O. The molecule has 108 valence electrons. The summed E-state index contributed by atoms with van der Waals surface area (Å²) in [6, 6.07) is 5.24. The van der Waals surface area contributed by atoms with E-state index in [1.54, 1.807) is 18.5 Å². The highest BCUT2D eigenvalue weighted by atomic mass is 16.2. The monoisotopic (exact) mass is 284 g/mol. The second kappa shape index (κ2) is 5.05. The molecule has 3 rings (SSSR count). The van der Waals surface area contributed by atoms with Crippen molar-refractivity contribution in [2.45, 2.75) is 20.0 Å². The molecule has 2 heterocycles. The maximum absolute atomic E-state index is 12.0. The van der Waals surface area contributed by atoms with E-state index in [0.717, 1.165) is 22.8 Å². The number of imidazole rings is 1. The molecule has 21 heavy (non-hydrogen) atoms. The highest BCUT2D eigenvalue weighted by molar-refractivity contribution is 6.21. The van der Waals surface area contributed by atoms with Crippen molar-refractivity contribution in [3.63, 3.8) is 0 Å². The fourth-order valence-corrected chi connectivity index (χ4v) is 2.44. The van der Waals surface area contributed by atoms with Gasteiger partial charge in [0.05, 0.1) is 29.7 Å². The van der Waals surface area contributed by atoms with Gasteiger partial charge in [-0.05, 0) is 25.1 Å². The number of hydrogen-bond donors (Lipinski definition) is 1. The Morgan fingerprint density at radius 2 is 1.95 bits per heavy atom. The summed E-state index contributed by atoms with van der Waals surface area (Å²) >= 11 is 0. The number of imide groups is 1. The summed E-state index contributed by atoms with van der Waals surface area (Å²) in [6.45, 7) is 3.53. The number of nitrogens with one attached hydrogen (secondary N) is 1. The number of anilines is 1. The minimum Gasteiger partial charge on any atom is -0.379 e. The summed E-state index contributed by atoms with van der Waals surface area (Å²) in [5.74, 6) is -0.497. The van der Waals surface area contributed by atoms with Crippen LogP contribution in [0.1, 0.15) is 33.3 Å². The highest BCUT2D eigenvalue weighted by Crippen LogP contribution is 2.24. The van der Waals surface area contributed by atoms with E-state index < -0.39 is 0 Å². The fraction of sp³-hybridized carbons (Fsp3) is 0.267. The molecule has 2 amide bonds. The van der Waals surface area contributed by atoms with Crippen LogP contribution in [0.4, 0.5) is 5.69 Å². The van der Waals surface area contributed by atoms with Gasteiger partial charge in [-0.25, -0.2) is 4.98 Å². The molecule has 1 N–H and O–H groups in total. The zero-order valence-electron chi connectivity index (χ0n) is 12.0. The van der Waals surface area contributed by atoms with Gasteiger partial charge in [0, 0.05) is 25.5 Å². The van der Waals surface area contributed by atoms with E-state index >= 15 is 0 Å². The van der Waals surface area contributed by atoms with Gasteiger partial charge in [-0.15, -0.1) is 0 Å². The summed E-state index contributed by atoms with van der Waals surface area (Å²) in [4.78, 5) is 29.0. The summed E-state index contributed by atoms with van der Waals surface area (Å²) in [5, 5.41) is 3.26. The molecule has 0 saturated heterocycles. The summed E-state index contributed by atoms with van der Waals surface area (Å²) in [7, 11) is 1.50. The van der Waals surface area contributed by atoms with Crippen molar-refractivity contribution in [3.8, 4) is 0 Å². The van der Waals surface area contributed by atoms with Gasteiger partial charge in [-0.2, -0.15) is 0 Å². The molecule has 1 aromatic carbocycles. The smallest absolute Gasteiger partial charge is 0.261 e. The molecule has 1 aliphatic heterocycles. The third-order valence-electron chi connectivity index (χ3n) is 3.70. The van der Waals surface area contributed by atoms with Gasteiger partial charge < -0.3 is 9.88 Å². The van der Waals surface area contributed by atoms with Crippen molar-refractivity contribution in [1.29, 1.82) is 0 Å². The van der Waals surface area contributed by atoms with E-state index in [-0.39, 0.29) is 11.8 Å². The zero-order chi connectivity index (χ0) is 15.0. The molecule has 0 atom stereocenters. The predicted octanol–water partition coefficient (Wildman–Crippen LogP) is 1.74. The second-order valence-corrected chi connectivity index (χ2v) is 4.95. The van der Waals surface area contributed by atoms with Crippen molar-refractivity contribution >= 4 is 17.5 Å². The predicted molar refractivity (Wildman–Crippen MR) is 78.1 cm³/mol. The minimum absolute atomic E-state index is 0.245. The number of hydrogen-bond acceptors (Lipinski definition) is 4. The largest absolute Gasteiger partial charge is 0.379 e. The molecule has 0 aliphatic carbocycles. The van der Waals surface area contributed by atoms with E-state index in [4.69, 9.17) is 0 Å². The molecule has 0 spiro atoms. The Balaban J connectivity index is 1.80. The van der Waals surface area contributed by atoms with Crippen molar-refractivity contribution in [1.82, 2.24) is 14.5 Å². The Bertz CT molecular complexity index is 720. The zero-order valence-corrected chi connectivity index (χ0v) is 12.0. The number of benzene rings is 1. The molecule has 0 unspecified atom stereocenters. The van der Waals surface area contributed by atoms with Crippen LogP contribution in [0.3, 0.4) is 0 Å². The van der Waals surface area contributed by atoms with E-state index in [2.05, 4.69) is 17.2 Å². The van der Waals surface area contributed by atoms with E-state index in [0.29, 0.717) is 17.7 Å². The van der Waals surface area contributed by atoms with Gasteiger partial charge in [0.2, 0.25) is 0 Å². The van der Waals surface area contributed by atoms with Crippen LogP contribution in [0, 0.1) is 0 Å². The fourth-order valence-electron chi connectivity index (χ4n) is 2.44. The summed E-state index contributed by atoms with van der Waals surface area (Å²) < 4.78 is 2.04. The van der Waals surface area contributed by atoms with Gasteiger partial charge in [0.15, 0.2) is 0 Å².